The molecule has 0 radical (unpaired) electrons. The van der Waals surface area contributed by atoms with Crippen molar-refractivity contribution in [3.63, 3.8) is 0 Å². The lowest BCUT2D eigenvalue weighted by molar-refractivity contribution is -0.165. The average molecular weight is 386 g/mol. The molecule has 3 N–H and O–H groups in total. The van der Waals surface area contributed by atoms with Crippen LogP contribution in [0, 0.1) is 5.92 Å². The summed E-state index contributed by atoms with van der Waals surface area (Å²) < 4.78 is 5.43. The molecular weight excluding hydrogens is 350 g/mol. The van der Waals surface area contributed by atoms with Gasteiger partial charge in [0.05, 0.1) is 0 Å². The molecule has 1 atom stereocenters. The van der Waals surface area contributed by atoms with Crippen molar-refractivity contribution < 1.29 is 24.2 Å². The molecule has 1 saturated heterocycles. The molecule has 1 aliphatic heterocycles. The smallest absolute Gasteiger partial charge is 0.319 e. The van der Waals surface area contributed by atoms with Gasteiger partial charge in [0.15, 0.2) is 0 Å². The normalized spacial score (nSPS) is 16.8. The molecule has 1 fully saturated rings. The Morgan fingerprint density at radius 1 is 1.07 bits per heavy atom. The summed E-state index contributed by atoms with van der Waals surface area (Å²) in [5.74, 6) is -2.22. The zero-order chi connectivity index (χ0) is 20.4. The minimum atomic E-state index is -0.796. The predicted molar refractivity (Wildman–Crippen MR) is 102 cm³/mol. The van der Waals surface area contributed by atoms with Crippen molar-refractivity contribution in [3.8, 4) is 0 Å². The quantitative estimate of drug-likeness (QED) is 0.329. The SMILES string of the molecule is CC(C)(C)OC(=O)[C@@H](CCCN)C(=O)N1CCN(CCCCC(=O)O)CC1. The first-order valence-corrected chi connectivity index (χ1v) is 9.80. The summed E-state index contributed by atoms with van der Waals surface area (Å²) in [5, 5.41) is 8.67. The van der Waals surface area contributed by atoms with Crippen LogP contribution in [-0.2, 0) is 19.1 Å². The fourth-order valence-corrected chi connectivity index (χ4v) is 3.06. The molecule has 0 saturated carbocycles. The van der Waals surface area contributed by atoms with Gasteiger partial charge in [-0.2, -0.15) is 0 Å². The molecule has 0 aliphatic carbocycles. The van der Waals surface area contributed by atoms with Crippen molar-refractivity contribution in [2.24, 2.45) is 11.7 Å². The number of ether oxygens (including phenoxy) is 1. The first kappa shape index (κ1) is 23.4. The van der Waals surface area contributed by atoms with E-state index in [0.717, 1.165) is 26.1 Å². The lowest BCUT2D eigenvalue weighted by Crippen LogP contribution is -2.52. The van der Waals surface area contributed by atoms with Gasteiger partial charge in [0, 0.05) is 32.6 Å². The minimum Gasteiger partial charge on any atom is -0.481 e. The fraction of sp³-hybridized carbons (Fsp3) is 0.842. The Hall–Kier alpha value is -1.67. The highest BCUT2D eigenvalue weighted by molar-refractivity contribution is 5.98. The van der Waals surface area contributed by atoms with Gasteiger partial charge in [-0.25, -0.2) is 0 Å². The van der Waals surface area contributed by atoms with Crippen molar-refractivity contribution in [3.05, 3.63) is 0 Å². The second kappa shape index (κ2) is 11.2. The van der Waals surface area contributed by atoms with Crippen LogP contribution in [0.4, 0.5) is 0 Å². The molecule has 156 valence electrons. The van der Waals surface area contributed by atoms with Gasteiger partial charge in [-0.05, 0) is 59.5 Å². The number of aliphatic carboxylic acids is 1. The van der Waals surface area contributed by atoms with Crippen LogP contribution in [0.5, 0.6) is 0 Å². The van der Waals surface area contributed by atoms with Crippen LogP contribution >= 0.6 is 0 Å². The Morgan fingerprint density at radius 2 is 1.70 bits per heavy atom. The molecule has 1 aliphatic rings. The molecule has 1 heterocycles. The van der Waals surface area contributed by atoms with Crippen LogP contribution in [0.2, 0.25) is 0 Å². The predicted octanol–water partition coefficient (Wildman–Crippen LogP) is 1.08. The van der Waals surface area contributed by atoms with Crippen molar-refractivity contribution in [1.82, 2.24) is 9.80 Å². The second-order valence-corrected chi connectivity index (χ2v) is 8.03. The number of piperazine rings is 1. The molecular formula is C19H35N3O5. The lowest BCUT2D eigenvalue weighted by atomic mass is 10.0. The third kappa shape index (κ3) is 9.19. The Labute approximate surface area is 162 Å². The van der Waals surface area contributed by atoms with Crippen LogP contribution in [-0.4, -0.2) is 77.6 Å². The van der Waals surface area contributed by atoms with Crippen LogP contribution in [0.25, 0.3) is 0 Å². The number of carbonyl (C=O) groups is 3. The van der Waals surface area contributed by atoms with Crippen molar-refractivity contribution >= 4 is 17.8 Å². The van der Waals surface area contributed by atoms with Crippen molar-refractivity contribution in [2.75, 3.05) is 39.3 Å². The number of carboxylic acid groups (broad SMARTS) is 1. The van der Waals surface area contributed by atoms with Gasteiger partial charge < -0.3 is 20.5 Å². The number of amides is 1. The maximum atomic E-state index is 12.9. The number of unbranched alkanes of at least 4 members (excludes halogenated alkanes) is 1. The minimum absolute atomic E-state index is 0.178. The van der Waals surface area contributed by atoms with Gasteiger partial charge in [0.1, 0.15) is 11.5 Å². The number of esters is 1. The number of carbonyl (C=O) groups excluding carboxylic acids is 2. The summed E-state index contributed by atoms with van der Waals surface area (Å²) in [7, 11) is 0. The molecule has 0 bridgehead atoms. The number of rotatable bonds is 10. The molecule has 0 aromatic heterocycles. The van der Waals surface area contributed by atoms with E-state index >= 15 is 0 Å². The van der Waals surface area contributed by atoms with Gasteiger partial charge in [-0.3, -0.25) is 19.3 Å². The first-order valence-electron chi connectivity index (χ1n) is 9.80. The van der Waals surface area contributed by atoms with E-state index in [1.54, 1.807) is 25.7 Å². The molecule has 1 amide bonds. The molecule has 0 spiro atoms. The lowest BCUT2D eigenvalue weighted by Gasteiger charge is -2.36. The number of nitrogens with zero attached hydrogens (tertiary/aromatic N) is 2. The summed E-state index contributed by atoms with van der Waals surface area (Å²) in [4.78, 5) is 39.9. The van der Waals surface area contributed by atoms with E-state index in [1.807, 2.05) is 0 Å². The molecule has 27 heavy (non-hydrogen) atoms. The largest absolute Gasteiger partial charge is 0.481 e. The van der Waals surface area contributed by atoms with E-state index < -0.39 is 23.5 Å². The highest BCUT2D eigenvalue weighted by Crippen LogP contribution is 2.19. The second-order valence-electron chi connectivity index (χ2n) is 8.03. The van der Waals surface area contributed by atoms with Crippen LogP contribution in [0.3, 0.4) is 0 Å². The first-order chi connectivity index (χ1) is 12.6. The molecule has 0 aromatic rings. The van der Waals surface area contributed by atoms with E-state index in [1.165, 1.54) is 0 Å². The van der Waals surface area contributed by atoms with Crippen molar-refractivity contribution in [1.29, 1.82) is 0 Å². The van der Waals surface area contributed by atoms with Crippen LogP contribution in [0.15, 0.2) is 0 Å². The fourth-order valence-electron chi connectivity index (χ4n) is 3.06. The highest BCUT2D eigenvalue weighted by Gasteiger charge is 2.34. The van der Waals surface area contributed by atoms with Crippen LogP contribution in [0.1, 0.15) is 52.9 Å². The van der Waals surface area contributed by atoms with Crippen molar-refractivity contribution in [2.45, 2.75) is 58.5 Å². The highest BCUT2D eigenvalue weighted by atomic mass is 16.6. The number of carboxylic acids is 1. The summed E-state index contributed by atoms with van der Waals surface area (Å²) in [6.45, 7) is 9.23. The van der Waals surface area contributed by atoms with Gasteiger partial charge >= 0.3 is 11.9 Å². The maximum absolute atomic E-state index is 12.9. The third-order valence-electron chi connectivity index (χ3n) is 4.49. The summed E-state index contributed by atoms with van der Waals surface area (Å²) in [5.41, 5.74) is 4.93. The molecule has 0 aromatic carbocycles. The van der Waals surface area contributed by atoms with E-state index in [0.29, 0.717) is 38.9 Å². The Bertz CT molecular complexity index is 496. The van der Waals surface area contributed by atoms with E-state index in [-0.39, 0.29) is 12.3 Å². The van der Waals surface area contributed by atoms with Gasteiger partial charge in [0.25, 0.3) is 0 Å². The summed E-state index contributed by atoms with van der Waals surface area (Å²) in [6.07, 6.45) is 2.68. The Kier molecular flexibility index (Phi) is 9.73. The van der Waals surface area contributed by atoms with Gasteiger partial charge in [-0.15, -0.1) is 0 Å². The van der Waals surface area contributed by atoms with E-state index in [4.69, 9.17) is 15.6 Å². The summed E-state index contributed by atoms with van der Waals surface area (Å²) in [6, 6.07) is 0. The number of hydrogen-bond acceptors (Lipinski definition) is 6. The average Bonchev–Trinajstić information content (AvgIpc) is 2.57. The third-order valence-corrected chi connectivity index (χ3v) is 4.49. The topological polar surface area (TPSA) is 113 Å². The summed E-state index contributed by atoms with van der Waals surface area (Å²) >= 11 is 0. The van der Waals surface area contributed by atoms with Gasteiger partial charge in [-0.1, -0.05) is 0 Å². The zero-order valence-corrected chi connectivity index (χ0v) is 16.9. The van der Waals surface area contributed by atoms with E-state index in [2.05, 4.69) is 4.90 Å². The molecule has 1 rings (SSSR count). The molecule has 0 unspecified atom stereocenters. The standard InChI is InChI=1S/C19H35N3O5/c1-19(2,3)27-18(26)15(7-6-9-20)17(25)22-13-11-21(12-14-22)10-5-4-8-16(23)24/h15H,4-14,20H2,1-3H3,(H,23,24)/t15-/m0/s1. The Morgan fingerprint density at radius 3 is 2.22 bits per heavy atom. The monoisotopic (exact) mass is 385 g/mol. The van der Waals surface area contributed by atoms with Gasteiger partial charge in [0.2, 0.25) is 5.91 Å². The zero-order valence-electron chi connectivity index (χ0n) is 16.9. The number of hydrogen-bond donors (Lipinski definition) is 2. The van der Waals surface area contributed by atoms with E-state index in [9.17, 15) is 14.4 Å². The molecule has 8 nitrogen and oxygen atoms in total. The molecule has 8 heteroatoms. The maximum Gasteiger partial charge on any atom is 0.319 e. The van der Waals surface area contributed by atoms with Crippen LogP contribution < -0.4 is 5.73 Å². The Balaban J connectivity index is 2.52. The number of nitrogens with two attached hydrogens (primary N) is 1.